The van der Waals surface area contributed by atoms with Crippen LogP contribution in [-0.4, -0.2) is 31.3 Å². The summed E-state index contributed by atoms with van der Waals surface area (Å²) in [6.45, 7) is 2.73. The molecule has 0 aliphatic carbocycles. The van der Waals surface area contributed by atoms with E-state index in [-0.39, 0.29) is 6.10 Å². The number of hydrogen-bond acceptors (Lipinski definition) is 3. The fraction of sp³-hybridized carbons (Fsp3) is 0.538. The number of aliphatic hydroxyl groups is 1. The van der Waals surface area contributed by atoms with Gasteiger partial charge in [0, 0.05) is 25.3 Å². The molecule has 1 heterocycles. The second kappa shape index (κ2) is 5.32. The molecule has 0 saturated carbocycles. The monoisotopic (exact) mass is 220 g/mol. The Morgan fingerprint density at radius 3 is 2.75 bits per heavy atom. The van der Waals surface area contributed by atoms with E-state index in [1.165, 1.54) is 11.3 Å². The Labute approximate surface area is 97.1 Å². The SMILES string of the molecule is CNCc1ccc(N2CCCC(O)C2)cc1. The molecular weight excluding hydrogens is 200 g/mol. The van der Waals surface area contributed by atoms with Crippen LogP contribution < -0.4 is 10.2 Å². The maximum Gasteiger partial charge on any atom is 0.0715 e. The molecule has 0 radical (unpaired) electrons. The third-order valence-corrected chi connectivity index (χ3v) is 3.08. The van der Waals surface area contributed by atoms with Crippen molar-refractivity contribution in [2.24, 2.45) is 0 Å². The van der Waals surface area contributed by atoms with E-state index in [1.807, 2.05) is 7.05 Å². The molecule has 0 amide bonds. The molecule has 0 spiro atoms. The molecule has 1 aromatic rings. The lowest BCUT2D eigenvalue weighted by Crippen LogP contribution is -2.38. The van der Waals surface area contributed by atoms with Crippen LogP contribution in [0.15, 0.2) is 24.3 Å². The number of hydrogen-bond donors (Lipinski definition) is 2. The minimum absolute atomic E-state index is 0.161. The lowest BCUT2D eigenvalue weighted by molar-refractivity contribution is 0.154. The van der Waals surface area contributed by atoms with Gasteiger partial charge in [-0.2, -0.15) is 0 Å². The molecule has 2 N–H and O–H groups in total. The molecule has 1 atom stereocenters. The Morgan fingerprint density at radius 1 is 1.38 bits per heavy atom. The summed E-state index contributed by atoms with van der Waals surface area (Å²) in [6.07, 6.45) is 1.86. The van der Waals surface area contributed by atoms with E-state index in [0.29, 0.717) is 0 Å². The Bertz CT molecular complexity index is 323. The summed E-state index contributed by atoms with van der Waals surface area (Å²) in [6, 6.07) is 8.58. The fourth-order valence-corrected chi connectivity index (χ4v) is 2.22. The highest BCUT2D eigenvalue weighted by Gasteiger charge is 2.17. The maximum absolute atomic E-state index is 9.63. The Balaban J connectivity index is 2.03. The first-order chi connectivity index (χ1) is 7.79. The quantitative estimate of drug-likeness (QED) is 0.807. The number of β-amino-alcohol motifs (C(OH)–C–C–N with tert-alkyl or cyclic N) is 1. The van der Waals surface area contributed by atoms with E-state index in [1.54, 1.807) is 0 Å². The van der Waals surface area contributed by atoms with E-state index >= 15 is 0 Å². The smallest absolute Gasteiger partial charge is 0.0715 e. The van der Waals surface area contributed by atoms with Crippen LogP contribution in [0, 0.1) is 0 Å². The van der Waals surface area contributed by atoms with Crippen molar-refractivity contribution in [3.8, 4) is 0 Å². The molecule has 1 aliphatic rings. The number of aliphatic hydroxyl groups excluding tert-OH is 1. The fourth-order valence-electron chi connectivity index (χ4n) is 2.22. The van der Waals surface area contributed by atoms with E-state index < -0.39 is 0 Å². The van der Waals surface area contributed by atoms with Crippen molar-refractivity contribution in [2.45, 2.75) is 25.5 Å². The van der Waals surface area contributed by atoms with Crippen LogP contribution in [0.5, 0.6) is 0 Å². The van der Waals surface area contributed by atoms with Crippen molar-refractivity contribution in [1.29, 1.82) is 0 Å². The van der Waals surface area contributed by atoms with E-state index in [0.717, 1.165) is 32.5 Å². The average Bonchev–Trinajstić information content (AvgIpc) is 2.30. The number of nitrogens with one attached hydrogen (secondary N) is 1. The first-order valence-corrected chi connectivity index (χ1v) is 5.96. The van der Waals surface area contributed by atoms with Crippen LogP contribution >= 0.6 is 0 Å². The molecule has 2 rings (SSSR count). The van der Waals surface area contributed by atoms with Gasteiger partial charge in [-0.1, -0.05) is 12.1 Å². The van der Waals surface area contributed by atoms with Gasteiger partial charge in [-0.3, -0.25) is 0 Å². The van der Waals surface area contributed by atoms with Gasteiger partial charge in [-0.15, -0.1) is 0 Å². The second-order valence-electron chi connectivity index (χ2n) is 4.44. The van der Waals surface area contributed by atoms with Gasteiger partial charge >= 0.3 is 0 Å². The third-order valence-electron chi connectivity index (χ3n) is 3.08. The lowest BCUT2D eigenvalue weighted by atomic mass is 10.1. The summed E-state index contributed by atoms with van der Waals surface area (Å²) in [5.41, 5.74) is 2.52. The predicted octanol–water partition coefficient (Wildman–Crippen LogP) is 1.37. The number of nitrogens with zero attached hydrogens (tertiary/aromatic N) is 1. The van der Waals surface area contributed by atoms with Gasteiger partial charge in [0.2, 0.25) is 0 Å². The Kier molecular flexibility index (Phi) is 3.80. The third kappa shape index (κ3) is 2.74. The molecule has 88 valence electrons. The summed E-state index contributed by atoms with van der Waals surface area (Å²) < 4.78 is 0. The Morgan fingerprint density at radius 2 is 2.12 bits per heavy atom. The number of benzene rings is 1. The molecule has 1 fully saturated rings. The highest BCUT2D eigenvalue weighted by Crippen LogP contribution is 2.20. The summed E-state index contributed by atoms with van der Waals surface area (Å²) in [5.74, 6) is 0. The maximum atomic E-state index is 9.63. The molecule has 1 aromatic carbocycles. The first kappa shape index (κ1) is 11.4. The topological polar surface area (TPSA) is 35.5 Å². The number of anilines is 1. The average molecular weight is 220 g/mol. The summed E-state index contributed by atoms with van der Waals surface area (Å²) in [4.78, 5) is 2.26. The highest BCUT2D eigenvalue weighted by molar-refractivity contribution is 5.48. The Hall–Kier alpha value is -1.06. The van der Waals surface area contributed by atoms with Crippen LogP contribution in [0.2, 0.25) is 0 Å². The van der Waals surface area contributed by atoms with Gasteiger partial charge in [0.25, 0.3) is 0 Å². The van der Waals surface area contributed by atoms with Gasteiger partial charge in [0.15, 0.2) is 0 Å². The van der Waals surface area contributed by atoms with Gasteiger partial charge in [0.1, 0.15) is 0 Å². The molecule has 1 unspecified atom stereocenters. The standard InChI is InChI=1S/C13H20N2O/c1-14-9-11-4-6-12(7-5-11)15-8-2-3-13(16)10-15/h4-7,13-14,16H,2-3,8-10H2,1H3. The molecule has 3 nitrogen and oxygen atoms in total. The van der Waals surface area contributed by atoms with Crippen LogP contribution in [0.25, 0.3) is 0 Å². The van der Waals surface area contributed by atoms with Crippen molar-refractivity contribution in [1.82, 2.24) is 5.32 Å². The number of rotatable bonds is 3. The highest BCUT2D eigenvalue weighted by atomic mass is 16.3. The van der Waals surface area contributed by atoms with Crippen molar-refractivity contribution >= 4 is 5.69 Å². The molecule has 16 heavy (non-hydrogen) atoms. The summed E-state index contributed by atoms with van der Waals surface area (Å²) in [5, 5.41) is 12.8. The molecule has 0 bridgehead atoms. The minimum Gasteiger partial charge on any atom is -0.391 e. The van der Waals surface area contributed by atoms with Gasteiger partial charge in [-0.25, -0.2) is 0 Å². The summed E-state index contributed by atoms with van der Waals surface area (Å²) in [7, 11) is 1.95. The zero-order valence-corrected chi connectivity index (χ0v) is 9.82. The van der Waals surface area contributed by atoms with Crippen LogP contribution in [0.3, 0.4) is 0 Å². The predicted molar refractivity (Wildman–Crippen MR) is 66.7 cm³/mol. The van der Waals surface area contributed by atoms with E-state index in [4.69, 9.17) is 0 Å². The van der Waals surface area contributed by atoms with Crippen LogP contribution in [0.4, 0.5) is 5.69 Å². The first-order valence-electron chi connectivity index (χ1n) is 5.96. The molecule has 3 heteroatoms. The molecule has 1 saturated heterocycles. The van der Waals surface area contributed by atoms with Crippen molar-refractivity contribution in [2.75, 3.05) is 25.0 Å². The normalized spacial score (nSPS) is 21.1. The van der Waals surface area contributed by atoms with Crippen molar-refractivity contribution in [3.63, 3.8) is 0 Å². The second-order valence-corrected chi connectivity index (χ2v) is 4.44. The summed E-state index contributed by atoms with van der Waals surface area (Å²) >= 11 is 0. The van der Waals surface area contributed by atoms with Crippen molar-refractivity contribution in [3.05, 3.63) is 29.8 Å². The molecular formula is C13H20N2O. The van der Waals surface area contributed by atoms with Gasteiger partial charge in [0.05, 0.1) is 6.10 Å². The lowest BCUT2D eigenvalue weighted by Gasteiger charge is -2.32. The van der Waals surface area contributed by atoms with Crippen LogP contribution in [0.1, 0.15) is 18.4 Å². The zero-order valence-electron chi connectivity index (χ0n) is 9.82. The number of piperidine rings is 1. The molecule has 1 aliphatic heterocycles. The molecule has 0 aromatic heterocycles. The zero-order chi connectivity index (χ0) is 11.4. The largest absolute Gasteiger partial charge is 0.391 e. The van der Waals surface area contributed by atoms with Crippen molar-refractivity contribution < 1.29 is 5.11 Å². The minimum atomic E-state index is -0.161. The van der Waals surface area contributed by atoms with E-state index in [9.17, 15) is 5.11 Å². The van der Waals surface area contributed by atoms with Gasteiger partial charge < -0.3 is 15.3 Å². The van der Waals surface area contributed by atoms with Crippen LogP contribution in [-0.2, 0) is 6.54 Å². The van der Waals surface area contributed by atoms with Gasteiger partial charge in [-0.05, 0) is 37.6 Å². The van der Waals surface area contributed by atoms with E-state index in [2.05, 4.69) is 34.5 Å².